The summed E-state index contributed by atoms with van der Waals surface area (Å²) in [5.41, 5.74) is 13.3. The standard InChI is InChI=1S/C19H25NO5.C11H11N.C7H14NO5.C6H13NO5.CH4NS.2S.2V/c21-11-15-17(22)18(23)16(19(24)25-15)20-10-4-8-13-7-3-6-12-5-1-2-9-14(12)13;12-8-10-6-3-5-9-4-1-2-7-11(9)10;1-8-4-6(11)5(10)3(2-9)13-7(4)12;7-3-5(10)4(9)2(1-8)12-6(3)11;1-2-3;;;;/h1-3,5-7,9,15-24H,4,8,10-11H2;1-7H,8,12H2;3-12H,1-2H2;2-6,8-11H,1,7H2;2-3H,1H2;;;;/q;;-1;;-1;;;;/t15-,16?,17+,18-,19?;;3-,4?,5+,6-,7?;2-,3?,4+,5-,6?;;;;;/m1.11...../s1. The molecule has 3 fully saturated rings. The molecule has 0 spiro atoms. The molecule has 0 radical (unpaired) electrons. The van der Waals surface area contributed by atoms with E-state index in [1.165, 1.54) is 32.7 Å². The summed E-state index contributed by atoms with van der Waals surface area (Å²) < 4.78 is 16.8. The second-order valence-electron chi connectivity index (χ2n) is 15.2. The van der Waals surface area contributed by atoms with Gasteiger partial charge in [-0.25, -0.2) is 0 Å². The van der Waals surface area contributed by atoms with Crippen molar-refractivity contribution in [1.82, 2.24) is 15.4 Å². The summed E-state index contributed by atoms with van der Waals surface area (Å²) in [6.07, 6.45) is -12.5. The van der Waals surface area contributed by atoms with Crippen molar-refractivity contribution in [1.29, 1.82) is 0 Å². The average Bonchev–Trinajstić information content (AvgIpc) is 3.38. The van der Waals surface area contributed by atoms with Crippen molar-refractivity contribution >= 4 is 54.9 Å². The number of aliphatic hydroxyl groups is 12. The third-order valence-corrected chi connectivity index (χ3v) is 11.0. The molecule has 0 bridgehead atoms. The van der Waals surface area contributed by atoms with E-state index in [1.807, 2.05) is 67.8 Å². The van der Waals surface area contributed by atoms with E-state index in [9.17, 15) is 40.9 Å². The van der Waals surface area contributed by atoms with Crippen LogP contribution in [0.1, 0.15) is 17.5 Å². The van der Waals surface area contributed by atoms with Gasteiger partial charge in [0.2, 0.25) is 0 Å². The van der Waals surface area contributed by atoms with Gasteiger partial charge >= 0.3 is 52.0 Å². The molecule has 3 saturated heterocycles. The zero-order valence-corrected chi connectivity index (χ0v) is 42.8. The maximum atomic E-state index is 10.1. The first-order valence-corrected chi connectivity index (χ1v) is 25.8. The van der Waals surface area contributed by atoms with Crippen LogP contribution in [0.25, 0.3) is 21.5 Å². The van der Waals surface area contributed by atoms with E-state index in [-0.39, 0.29) is 0 Å². The summed E-state index contributed by atoms with van der Waals surface area (Å²) in [7, 11) is 14.4. The quantitative estimate of drug-likeness (QED) is 0.0458. The molecule has 6 unspecified atom stereocenters. The Bertz CT molecular complexity index is 1970. The van der Waals surface area contributed by atoms with Crippen LogP contribution in [0.2, 0.25) is 0 Å². The van der Waals surface area contributed by atoms with Crippen molar-refractivity contribution in [3.05, 3.63) is 110 Å². The molecule has 0 aromatic heterocycles. The van der Waals surface area contributed by atoms with Gasteiger partial charge in [-0.3, -0.25) is 14.1 Å². The first-order chi connectivity index (χ1) is 33.1. The van der Waals surface area contributed by atoms with Crippen molar-refractivity contribution in [2.75, 3.05) is 26.4 Å². The number of aryl methyl sites for hydroxylation is 1. The number of thiol groups is 1. The molecule has 0 saturated carbocycles. The van der Waals surface area contributed by atoms with Crippen molar-refractivity contribution in [3.8, 4) is 0 Å². The summed E-state index contributed by atoms with van der Waals surface area (Å²) in [5, 5.41) is 122. The number of hydrogen-bond acceptors (Lipinski definition) is 23. The Hall–Kier alpha value is -1.44. The van der Waals surface area contributed by atoms with Crippen LogP contribution >= 0.6 is 33.4 Å². The van der Waals surface area contributed by atoms with E-state index in [1.54, 1.807) is 0 Å². The molecule has 20 nitrogen and oxygen atoms in total. The molecule has 15 atom stereocenters. The predicted molar refractivity (Wildman–Crippen MR) is 259 cm³/mol. The number of hydrogen-bond donors (Lipinski definition) is 18. The molecule has 3 aliphatic rings. The van der Waals surface area contributed by atoms with E-state index in [2.05, 4.69) is 111 Å². The minimum absolute atomic E-state index is 0.455. The Morgan fingerprint density at radius 2 is 0.928 bits per heavy atom. The van der Waals surface area contributed by atoms with Crippen LogP contribution in [0.15, 0.2) is 84.9 Å². The van der Waals surface area contributed by atoms with Gasteiger partial charge in [-0.1, -0.05) is 84.9 Å². The predicted octanol–water partition coefficient (Wildman–Crippen LogP) is -2.12. The van der Waals surface area contributed by atoms with E-state index in [4.69, 9.17) is 46.1 Å². The van der Waals surface area contributed by atoms with Crippen molar-refractivity contribution in [3.63, 3.8) is 0 Å². The van der Waals surface area contributed by atoms with Crippen LogP contribution in [0.3, 0.4) is 0 Å². The van der Waals surface area contributed by atoms with E-state index in [0.29, 0.717) is 13.1 Å². The molecule has 3 aliphatic heterocycles. The number of rotatable bonds is 10. The average molecular weight is 1100 g/mol. The number of fused-ring (bicyclic) bond motifs is 2. The van der Waals surface area contributed by atoms with E-state index >= 15 is 0 Å². The van der Waals surface area contributed by atoms with Gasteiger partial charge in [0.15, 0.2) is 18.9 Å². The Balaban J connectivity index is 0.000000464. The van der Waals surface area contributed by atoms with Crippen molar-refractivity contribution < 1.29 is 107 Å². The number of nitrogens with one attached hydrogen (secondary N) is 3. The van der Waals surface area contributed by atoms with E-state index in [0.717, 1.165) is 12.8 Å². The molecule has 69 heavy (non-hydrogen) atoms. The van der Waals surface area contributed by atoms with Crippen LogP contribution in [-0.4, -0.2) is 180 Å². The van der Waals surface area contributed by atoms with Crippen LogP contribution in [0.5, 0.6) is 0 Å². The van der Waals surface area contributed by atoms with Gasteiger partial charge in [0.25, 0.3) is 0 Å². The Morgan fingerprint density at radius 1 is 0.551 bits per heavy atom. The number of benzene rings is 4. The normalized spacial score (nSPS) is 30.3. The monoisotopic (exact) mass is 1100 g/mol. The molecular formula is C44H67N5O15S3V2-2. The topological polar surface area (TPSA) is 359 Å². The van der Waals surface area contributed by atoms with Gasteiger partial charge < -0.3 is 102 Å². The number of aliphatic hydroxyl groups excluding tert-OH is 12. The first kappa shape index (κ1) is 65.6. The van der Waals surface area contributed by atoms with Crippen LogP contribution < -0.4 is 26.8 Å². The summed E-state index contributed by atoms with van der Waals surface area (Å²) in [4.78, 5) is 0. The first-order valence-electron chi connectivity index (χ1n) is 21.2. The molecule has 4 aromatic rings. The van der Waals surface area contributed by atoms with Gasteiger partial charge in [-0.15, -0.1) is 12.8 Å². The summed E-state index contributed by atoms with van der Waals surface area (Å²) in [6, 6.07) is 26.3. The Morgan fingerprint density at radius 3 is 1.38 bits per heavy atom. The summed E-state index contributed by atoms with van der Waals surface area (Å²) in [6.45, 7) is -0.215. The molecule has 7 rings (SSSR count). The zero-order chi connectivity index (χ0) is 52.2. The molecule has 388 valence electrons. The van der Waals surface area contributed by atoms with Gasteiger partial charge in [-0.2, -0.15) is 0 Å². The van der Waals surface area contributed by atoms with Crippen LogP contribution in [0.4, 0.5) is 0 Å². The third-order valence-electron chi connectivity index (χ3n) is 11.0. The van der Waals surface area contributed by atoms with Crippen LogP contribution in [0, 0.1) is 14.1 Å². The maximum absolute atomic E-state index is 10.1. The zero-order valence-electron chi connectivity index (χ0n) is 37.5. The number of ether oxygens (including phenoxy) is 3. The van der Waals surface area contributed by atoms with Gasteiger partial charge in [0, 0.05) is 6.54 Å². The third kappa shape index (κ3) is 20.1. The Kier molecular flexibility index (Phi) is 34.7. The van der Waals surface area contributed by atoms with Gasteiger partial charge in [0.05, 0.1) is 37.9 Å². The SMILES string of the molecule is NC1C(O)O[C@H](CO)[C@H](O)[C@@H]1O.NCc1cccc2ccccc12.OC[C@H]1OC(O)C(NCCCc2cccc3ccccc23)[C@@H](O)[C@H]1O.[CH2-]NC1C(O)O[C@H](CO)[C@H](O)[C@@H]1O.[CH2-]NS.[S]=[V].[S]=[V]. The fourth-order valence-electron chi connectivity index (χ4n) is 7.28. The fraction of sp³-hybridized carbons (Fsp3) is 0.500. The minimum atomic E-state index is -1.35. The summed E-state index contributed by atoms with van der Waals surface area (Å²) in [5.74, 6) is 0. The molecule has 4 aromatic carbocycles. The molecule has 0 amide bonds. The second kappa shape index (κ2) is 36.5. The van der Waals surface area contributed by atoms with Crippen molar-refractivity contribution in [2.24, 2.45) is 11.5 Å². The number of nitrogens with two attached hydrogens (primary N) is 2. The molecule has 3 heterocycles. The molecule has 19 N–H and O–H groups in total. The van der Waals surface area contributed by atoms with Gasteiger partial charge in [0.1, 0.15) is 54.9 Å². The molecular weight excluding hydrogens is 1040 g/mol. The molecule has 25 heteroatoms. The second-order valence-corrected chi connectivity index (χ2v) is 15.5. The van der Waals surface area contributed by atoms with Crippen molar-refractivity contribution in [2.45, 2.75) is 111 Å². The van der Waals surface area contributed by atoms with Gasteiger partial charge in [-0.05, 0) is 52.1 Å². The fourth-order valence-corrected chi connectivity index (χ4v) is 7.28. The molecule has 0 aliphatic carbocycles. The van der Waals surface area contributed by atoms with Crippen LogP contribution in [-0.2, 0) is 58.6 Å². The summed E-state index contributed by atoms with van der Waals surface area (Å²) >= 11 is 7.22. The van der Waals surface area contributed by atoms with E-state index < -0.39 is 112 Å². The Labute approximate surface area is 433 Å².